The van der Waals surface area contributed by atoms with E-state index in [0.29, 0.717) is 12.8 Å². The first kappa shape index (κ1) is 16.6. The van der Waals surface area contributed by atoms with Crippen molar-refractivity contribution in [3.8, 4) is 0 Å². The second kappa shape index (κ2) is 7.47. The van der Waals surface area contributed by atoms with Crippen molar-refractivity contribution in [1.29, 1.82) is 0 Å². The van der Waals surface area contributed by atoms with Crippen molar-refractivity contribution in [3.05, 3.63) is 24.2 Å². The topological polar surface area (TPSA) is 70.8 Å². The summed E-state index contributed by atoms with van der Waals surface area (Å²) in [6, 6.07) is 3.85. The minimum Gasteiger partial charge on any atom is -0.481 e. The molecule has 0 radical (unpaired) electrons. The van der Waals surface area contributed by atoms with Gasteiger partial charge in [-0.1, -0.05) is 12.8 Å². The molecule has 1 saturated carbocycles. The van der Waals surface area contributed by atoms with E-state index in [1.165, 1.54) is 0 Å². The molecule has 0 aliphatic heterocycles. The molecule has 1 fully saturated rings. The second-order valence-electron chi connectivity index (χ2n) is 6.25. The summed E-state index contributed by atoms with van der Waals surface area (Å²) < 4.78 is 5.31. The molecule has 1 aromatic rings. The quantitative estimate of drug-likeness (QED) is 0.877. The molecular weight excluding hydrogens is 282 g/mol. The summed E-state index contributed by atoms with van der Waals surface area (Å²) in [4.78, 5) is 25.7. The molecule has 1 N–H and O–H groups in total. The van der Waals surface area contributed by atoms with Gasteiger partial charge in [-0.3, -0.25) is 9.59 Å². The van der Waals surface area contributed by atoms with Gasteiger partial charge in [-0.25, -0.2) is 0 Å². The molecule has 0 unspecified atom stereocenters. The lowest BCUT2D eigenvalue weighted by Crippen LogP contribution is -2.44. The minimum absolute atomic E-state index is 0.0287. The van der Waals surface area contributed by atoms with Crippen LogP contribution in [0.25, 0.3) is 0 Å². The maximum Gasteiger partial charge on any atom is 0.307 e. The molecule has 22 heavy (non-hydrogen) atoms. The smallest absolute Gasteiger partial charge is 0.307 e. The van der Waals surface area contributed by atoms with Crippen molar-refractivity contribution in [2.45, 2.75) is 51.5 Å². The summed E-state index contributed by atoms with van der Waals surface area (Å²) in [7, 11) is 1.78. The van der Waals surface area contributed by atoms with Crippen molar-refractivity contribution < 1.29 is 19.1 Å². The van der Waals surface area contributed by atoms with E-state index in [1.807, 2.05) is 19.1 Å². The van der Waals surface area contributed by atoms with E-state index < -0.39 is 11.9 Å². The first-order valence-electron chi connectivity index (χ1n) is 8.02. The van der Waals surface area contributed by atoms with Crippen molar-refractivity contribution in [2.24, 2.45) is 11.8 Å². The lowest BCUT2D eigenvalue weighted by molar-refractivity contribution is -0.152. The largest absolute Gasteiger partial charge is 0.481 e. The van der Waals surface area contributed by atoms with Crippen molar-refractivity contribution in [3.63, 3.8) is 0 Å². The van der Waals surface area contributed by atoms with Crippen molar-refractivity contribution >= 4 is 11.9 Å². The molecule has 2 rings (SSSR count). The van der Waals surface area contributed by atoms with E-state index in [9.17, 15) is 14.7 Å². The molecule has 0 bridgehead atoms. The van der Waals surface area contributed by atoms with Gasteiger partial charge in [-0.15, -0.1) is 0 Å². The highest BCUT2D eigenvalue weighted by atomic mass is 16.4. The lowest BCUT2D eigenvalue weighted by atomic mass is 9.78. The number of aliphatic carboxylic acids is 1. The molecule has 5 nitrogen and oxygen atoms in total. The Morgan fingerprint density at radius 1 is 1.36 bits per heavy atom. The molecule has 122 valence electrons. The van der Waals surface area contributed by atoms with Crippen LogP contribution < -0.4 is 0 Å². The van der Waals surface area contributed by atoms with Gasteiger partial charge < -0.3 is 14.4 Å². The van der Waals surface area contributed by atoms with Crippen LogP contribution in [0.2, 0.25) is 0 Å². The van der Waals surface area contributed by atoms with E-state index in [2.05, 4.69) is 0 Å². The number of carboxylic acids is 1. The summed E-state index contributed by atoms with van der Waals surface area (Å²) in [6.07, 6.45) is 6.37. The molecule has 3 atom stereocenters. The third-order valence-corrected chi connectivity index (χ3v) is 4.80. The standard InChI is InChI=1S/C17H25NO4/c1-12(9-10-13-6-5-11-22-13)18(2)16(19)14-7-3-4-8-15(14)17(20)21/h5-6,11-12,14-15H,3-4,7-10H2,1-2H3,(H,20,21)/t12-,14+,15-/m0/s1. The molecular formula is C17H25NO4. The van der Waals surface area contributed by atoms with Crippen LogP contribution >= 0.6 is 0 Å². The Morgan fingerprint density at radius 2 is 2.05 bits per heavy atom. The van der Waals surface area contributed by atoms with Gasteiger partial charge in [0.05, 0.1) is 18.1 Å². The zero-order valence-electron chi connectivity index (χ0n) is 13.3. The zero-order valence-corrected chi connectivity index (χ0v) is 13.3. The fraction of sp³-hybridized carbons (Fsp3) is 0.647. The molecule has 1 aliphatic rings. The fourth-order valence-electron chi connectivity index (χ4n) is 3.20. The lowest BCUT2D eigenvalue weighted by Gasteiger charge is -2.33. The second-order valence-corrected chi connectivity index (χ2v) is 6.25. The Bertz CT molecular complexity index is 497. The molecule has 1 heterocycles. The maximum absolute atomic E-state index is 12.7. The Hall–Kier alpha value is -1.78. The van der Waals surface area contributed by atoms with Gasteiger partial charge in [0, 0.05) is 19.5 Å². The summed E-state index contributed by atoms with van der Waals surface area (Å²) >= 11 is 0. The van der Waals surface area contributed by atoms with Crippen LogP contribution in [0.3, 0.4) is 0 Å². The van der Waals surface area contributed by atoms with Gasteiger partial charge in [0.15, 0.2) is 0 Å². The van der Waals surface area contributed by atoms with Gasteiger partial charge in [0.2, 0.25) is 5.91 Å². The summed E-state index contributed by atoms with van der Waals surface area (Å²) in [5.41, 5.74) is 0. The van der Waals surface area contributed by atoms with Crippen molar-refractivity contribution in [1.82, 2.24) is 4.90 Å². The number of nitrogens with zero attached hydrogens (tertiary/aromatic N) is 1. The summed E-state index contributed by atoms with van der Waals surface area (Å²) in [5.74, 6) is -0.856. The Kier molecular flexibility index (Phi) is 5.63. The van der Waals surface area contributed by atoms with Crippen LogP contribution in [0.1, 0.15) is 44.8 Å². The highest BCUT2D eigenvalue weighted by Gasteiger charge is 2.37. The van der Waals surface area contributed by atoms with Crippen LogP contribution in [0.4, 0.5) is 0 Å². The van der Waals surface area contributed by atoms with E-state index in [-0.39, 0.29) is 17.9 Å². The van der Waals surface area contributed by atoms with Crippen LogP contribution in [0.15, 0.2) is 22.8 Å². The molecule has 0 saturated heterocycles. The molecule has 0 aromatic carbocycles. The van der Waals surface area contributed by atoms with Gasteiger partial charge in [-0.2, -0.15) is 0 Å². The third-order valence-electron chi connectivity index (χ3n) is 4.80. The SMILES string of the molecule is C[C@@H](CCc1ccco1)N(C)C(=O)[C@@H]1CCCC[C@@H]1C(=O)O. The first-order chi connectivity index (χ1) is 10.5. The fourth-order valence-corrected chi connectivity index (χ4v) is 3.20. The number of carbonyl (C=O) groups is 2. The maximum atomic E-state index is 12.7. The van der Waals surface area contributed by atoms with E-state index in [4.69, 9.17) is 4.42 Å². The van der Waals surface area contributed by atoms with Gasteiger partial charge in [0.25, 0.3) is 0 Å². The summed E-state index contributed by atoms with van der Waals surface area (Å²) in [6.45, 7) is 2.00. The molecule has 1 aromatic heterocycles. The number of furan rings is 1. The number of hydrogen-bond donors (Lipinski definition) is 1. The monoisotopic (exact) mass is 307 g/mol. The van der Waals surface area contributed by atoms with Crippen LogP contribution in [0.5, 0.6) is 0 Å². The Morgan fingerprint density at radius 3 is 2.64 bits per heavy atom. The normalized spacial score (nSPS) is 23.0. The average molecular weight is 307 g/mol. The number of amides is 1. The highest BCUT2D eigenvalue weighted by Crippen LogP contribution is 2.32. The van der Waals surface area contributed by atoms with Crippen LogP contribution in [-0.4, -0.2) is 35.0 Å². The number of carbonyl (C=O) groups excluding carboxylic acids is 1. The Balaban J connectivity index is 1.93. The van der Waals surface area contributed by atoms with Gasteiger partial charge in [0.1, 0.15) is 5.76 Å². The number of rotatable bonds is 6. The average Bonchev–Trinajstić information content (AvgIpc) is 3.04. The van der Waals surface area contributed by atoms with Crippen LogP contribution in [0, 0.1) is 11.8 Å². The molecule has 1 amide bonds. The van der Waals surface area contributed by atoms with Crippen LogP contribution in [-0.2, 0) is 16.0 Å². The third kappa shape index (κ3) is 3.90. The predicted octanol–water partition coefficient (Wildman–Crippen LogP) is 2.95. The van der Waals surface area contributed by atoms with E-state index >= 15 is 0 Å². The van der Waals surface area contributed by atoms with Gasteiger partial charge in [-0.05, 0) is 38.3 Å². The van der Waals surface area contributed by atoms with E-state index in [1.54, 1.807) is 18.2 Å². The highest BCUT2D eigenvalue weighted by molar-refractivity contribution is 5.85. The number of aryl methyl sites for hydroxylation is 1. The molecule has 1 aliphatic carbocycles. The molecule has 5 heteroatoms. The Labute approximate surface area is 131 Å². The number of carboxylic acid groups (broad SMARTS) is 1. The van der Waals surface area contributed by atoms with Crippen molar-refractivity contribution in [2.75, 3.05) is 7.05 Å². The molecule has 0 spiro atoms. The summed E-state index contributed by atoms with van der Waals surface area (Å²) in [5, 5.41) is 9.32. The minimum atomic E-state index is -0.838. The zero-order chi connectivity index (χ0) is 16.1. The number of hydrogen-bond acceptors (Lipinski definition) is 3. The predicted molar refractivity (Wildman–Crippen MR) is 82.3 cm³/mol. The van der Waals surface area contributed by atoms with Gasteiger partial charge >= 0.3 is 5.97 Å². The first-order valence-corrected chi connectivity index (χ1v) is 8.02. The van der Waals surface area contributed by atoms with E-state index in [0.717, 1.165) is 31.4 Å².